The number of nitrogens with two attached hydrogens (primary N) is 1. The molecule has 0 saturated heterocycles. The molecule has 1 amide bonds. The number of aromatic nitrogens is 7. The molecule has 5 heterocycles. The normalized spacial score (nSPS) is 19.4. The molecule has 0 radical (unpaired) electrons. The van der Waals surface area contributed by atoms with Crippen LogP contribution < -0.4 is 11.1 Å². The highest BCUT2D eigenvalue weighted by atomic mass is 35.5. The largest absolute Gasteiger partial charge is 0.453 e. The minimum atomic E-state index is -5.71. The molecule has 1 unspecified atom stereocenters. The maximum atomic E-state index is 13.6. The summed E-state index contributed by atoms with van der Waals surface area (Å²) in [5.74, 6) is -5.43. The summed E-state index contributed by atoms with van der Waals surface area (Å²) in [6.07, 6.45) is -2.66. The molecule has 1 saturated carbocycles. The van der Waals surface area contributed by atoms with Gasteiger partial charge in [0.2, 0.25) is 5.91 Å². The van der Waals surface area contributed by atoms with E-state index < -0.39 is 30.4 Å². The summed E-state index contributed by atoms with van der Waals surface area (Å²) in [4.78, 5) is 34.8. The average molecular weight is 566 g/mol. The predicted molar refractivity (Wildman–Crippen MR) is 127 cm³/mol. The second kappa shape index (κ2) is 8.49. The number of rotatable bonds is 6. The van der Waals surface area contributed by atoms with Crippen molar-refractivity contribution >= 4 is 34.8 Å². The van der Waals surface area contributed by atoms with Gasteiger partial charge in [0.05, 0.1) is 28.2 Å². The number of amides is 1. The van der Waals surface area contributed by atoms with Crippen LogP contribution in [0.3, 0.4) is 0 Å². The second-order valence-electron chi connectivity index (χ2n) is 9.36. The lowest BCUT2D eigenvalue weighted by atomic mass is 9.74. The van der Waals surface area contributed by atoms with Crippen LogP contribution in [0, 0.1) is 5.92 Å². The first-order chi connectivity index (χ1) is 18.4. The van der Waals surface area contributed by atoms with E-state index in [0.29, 0.717) is 16.3 Å². The number of alkyl halides is 5. The Morgan fingerprint density at radius 1 is 1.13 bits per heavy atom. The van der Waals surface area contributed by atoms with E-state index in [1.807, 2.05) is 0 Å². The summed E-state index contributed by atoms with van der Waals surface area (Å²) in [7, 11) is 0. The van der Waals surface area contributed by atoms with Gasteiger partial charge in [-0.1, -0.05) is 11.6 Å². The van der Waals surface area contributed by atoms with Crippen LogP contribution in [0.1, 0.15) is 36.2 Å². The Bertz CT molecular complexity index is 1620. The Hall–Kier alpha value is -4.01. The van der Waals surface area contributed by atoms with Gasteiger partial charge in [0.1, 0.15) is 29.1 Å². The third-order valence-electron chi connectivity index (χ3n) is 6.89. The zero-order valence-corrected chi connectivity index (χ0v) is 20.4. The van der Waals surface area contributed by atoms with Crippen molar-refractivity contribution in [3.63, 3.8) is 0 Å². The lowest BCUT2D eigenvalue weighted by Gasteiger charge is -2.27. The highest BCUT2D eigenvalue weighted by Crippen LogP contribution is 2.57. The van der Waals surface area contributed by atoms with Gasteiger partial charge in [0.15, 0.2) is 11.5 Å². The summed E-state index contributed by atoms with van der Waals surface area (Å²) >= 11 is 6.00. The molecule has 2 aliphatic rings. The van der Waals surface area contributed by atoms with Crippen molar-refractivity contribution < 1.29 is 26.7 Å². The van der Waals surface area contributed by atoms with Crippen molar-refractivity contribution in [1.29, 1.82) is 0 Å². The van der Waals surface area contributed by atoms with Crippen LogP contribution in [-0.2, 0) is 16.6 Å². The van der Waals surface area contributed by atoms with Crippen LogP contribution in [-0.4, -0.2) is 52.5 Å². The van der Waals surface area contributed by atoms with Crippen LogP contribution in [0.15, 0.2) is 30.9 Å². The number of fused-ring (bicyclic) bond motifs is 2. The Morgan fingerprint density at radius 2 is 1.90 bits per heavy atom. The molecule has 10 nitrogen and oxygen atoms in total. The number of nitrogens with one attached hydrogen (secondary N) is 1. The maximum Gasteiger partial charge on any atom is 0.453 e. The van der Waals surface area contributed by atoms with Crippen molar-refractivity contribution in [1.82, 2.24) is 34.5 Å². The topological polar surface area (TPSA) is 137 Å². The van der Waals surface area contributed by atoms with Crippen LogP contribution in [0.4, 0.5) is 33.6 Å². The predicted octanol–water partition coefficient (Wildman–Crippen LogP) is 3.99. The molecule has 0 bridgehead atoms. The Kier molecular flexibility index (Phi) is 5.51. The number of hydrogen-bond donors (Lipinski definition) is 2. The smallest absolute Gasteiger partial charge is 0.383 e. The molecule has 0 spiro atoms. The number of pyridine rings is 1. The van der Waals surface area contributed by atoms with Crippen molar-refractivity contribution in [2.24, 2.45) is 5.92 Å². The van der Waals surface area contributed by atoms with Gasteiger partial charge in [0, 0.05) is 12.6 Å². The maximum absolute atomic E-state index is 13.6. The number of aryl methyl sites for hydroxylation is 1. The molecule has 6 rings (SSSR count). The number of carbonyl (C=O) groups excluding carboxylic acids is 1. The van der Waals surface area contributed by atoms with Gasteiger partial charge in [-0.25, -0.2) is 24.5 Å². The Labute approximate surface area is 220 Å². The van der Waals surface area contributed by atoms with E-state index in [1.54, 1.807) is 12.1 Å². The molecular formula is C23H17ClF5N9O. The Morgan fingerprint density at radius 3 is 2.56 bits per heavy atom. The van der Waals surface area contributed by atoms with Gasteiger partial charge in [-0.15, -0.1) is 0 Å². The van der Waals surface area contributed by atoms with Crippen LogP contribution in [0.25, 0.3) is 17.2 Å². The summed E-state index contributed by atoms with van der Waals surface area (Å²) < 4.78 is 66.6. The van der Waals surface area contributed by atoms with Gasteiger partial charge in [-0.05, 0) is 37.3 Å². The van der Waals surface area contributed by atoms with E-state index in [0.717, 1.165) is 19.2 Å². The molecule has 3 N–H and O–H groups in total. The molecule has 4 aromatic heterocycles. The van der Waals surface area contributed by atoms with Crippen LogP contribution in [0.5, 0.6) is 0 Å². The number of carbonyl (C=O) groups is 1. The molecule has 1 fully saturated rings. The molecule has 202 valence electrons. The van der Waals surface area contributed by atoms with Gasteiger partial charge in [-0.3, -0.25) is 9.78 Å². The number of halogens is 6. The van der Waals surface area contributed by atoms with Crippen LogP contribution >= 0.6 is 11.6 Å². The molecule has 1 atom stereocenters. The first-order valence-electron chi connectivity index (χ1n) is 11.7. The van der Waals surface area contributed by atoms with Crippen molar-refractivity contribution in [3.05, 3.63) is 52.8 Å². The highest BCUT2D eigenvalue weighted by molar-refractivity contribution is 6.30. The first-order valence-corrected chi connectivity index (χ1v) is 12.1. The lowest BCUT2D eigenvalue weighted by molar-refractivity contribution is -0.284. The van der Waals surface area contributed by atoms with Gasteiger partial charge in [0.25, 0.3) is 0 Å². The van der Waals surface area contributed by atoms with E-state index >= 15 is 0 Å². The summed E-state index contributed by atoms with van der Waals surface area (Å²) in [6.45, 7) is 0. The zero-order chi connectivity index (χ0) is 27.7. The summed E-state index contributed by atoms with van der Waals surface area (Å²) in [6, 6.07) is 3.26. The molecular weight excluding hydrogens is 549 g/mol. The minimum absolute atomic E-state index is 0.000669. The fraction of sp³-hybridized carbons (Fsp3) is 0.348. The molecule has 1 aliphatic heterocycles. The van der Waals surface area contributed by atoms with E-state index in [2.05, 4.69) is 35.3 Å². The monoisotopic (exact) mass is 565 g/mol. The molecule has 0 aromatic carbocycles. The zero-order valence-electron chi connectivity index (χ0n) is 19.7. The van der Waals surface area contributed by atoms with Gasteiger partial charge < -0.3 is 11.1 Å². The van der Waals surface area contributed by atoms with Crippen molar-refractivity contribution in [2.45, 2.75) is 43.2 Å². The molecule has 39 heavy (non-hydrogen) atoms. The number of nitrogen functional groups attached to an aromatic ring is 1. The van der Waals surface area contributed by atoms with Gasteiger partial charge >= 0.3 is 12.1 Å². The second-order valence-corrected chi connectivity index (χ2v) is 9.79. The van der Waals surface area contributed by atoms with E-state index in [-0.39, 0.29) is 46.3 Å². The molecule has 1 aliphatic carbocycles. The first kappa shape index (κ1) is 25.3. The fourth-order valence-electron chi connectivity index (χ4n) is 4.94. The van der Waals surface area contributed by atoms with Gasteiger partial charge in [-0.2, -0.15) is 27.1 Å². The van der Waals surface area contributed by atoms with Crippen molar-refractivity contribution in [3.8, 4) is 11.5 Å². The molecule has 16 heteroatoms. The van der Waals surface area contributed by atoms with E-state index in [1.165, 1.54) is 16.9 Å². The van der Waals surface area contributed by atoms with Crippen LogP contribution in [0.2, 0.25) is 5.02 Å². The average Bonchev–Trinajstić information content (AvgIpc) is 3.52. The third-order valence-corrected chi connectivity index (χ3v) is 7.12. The van der Waals surface area contributed by atoms with E-state index in [4.69, 9.17) is 17.3 Å². The number of nitrogens with zero attached hydrogens (tertiary/aromatic N) is 7. The lowest BCUT2D eigenvalue weighted by Crippen LogP contribution is -2.39. The highest BCUT2D eigenvalue weighted by Gasteiger charge is 2.60. The quantitative estimate of drug-likeness (QED) is 0.335. The van der Waals surface area contributed by atoms with E-state index in [9.17, 15) is 26.7 Å². The number of anilines is 2. The SMILES string of the molecule is Nc1nc(-c2cn3ncnc3c(CCC(F)(F)C(F)(F)F)n2)nc2c1C(c1ccc(Cl)cn1)(C1CC1)C(=O)N2. The standard InChI is InChI=1S/C23H17ClF5N9O/c24-11-3-4-14(31-7-11)22(10-1-2-10)15-16(30)35-17(36-18(15)37-20(22)39)13-8-38-19(32-9-33-38)12(34-13)5-6-21(25,26)23(27,28)29/h3-4,7-10H,1-2,5-6H2,(H3,30,35,36,37,39). The summed E-state index contributed by atoms with van der Waals surface area (Å²) in [5.41, 5.74) is 5.75. The fourth-order valence-corrected chi connectivity index (χ4v) is 5.06. The molecule has 4 aromatic rings. The number of hydrogen-bond acceptors (Lipinski definition) is 8. The summed E-state index contributed by atoms with van der Waals surface area (Å²) in [5, 5.41) is 7.09. The minimum Gasteiger partial charge on any atom is -0.383 e. The third kappa shape index (κ3) is 3.94. The Balaban J connectivity index is 1.43. The van der Waals surface area contributed by atoms with Crippen molar-refractivity contribution in [2.75, 3.05) is 11.1 Å².